The molecule has 0 N–H and O–H groups in total. The Labute approximate surface area is 186 Å². The molecule has 32 heavy (non-hydrogen) atoms. The molecule has 0 unspecified atom stereocenters. The average Bonchev–Trinajstić information content (AvgIpc) is 2.78. The van der Waals surface area contributed by atoms with Crippen LogP contribution in [0.5, 0.6) is 11.5 Å². The van der Waals surface area contributed by atoms with E-state index in [9.17, 15) is 14.0 Å². The summed E-state index contributed by atoms with van der Waals surface area (Å²) >= 11 is 0. The van der Waals surface area contributed by atoms with Gasteiger partial charge in [-0.2, -0.15) is 5.26 Å². The minimum Gasteiger partial charge on any atom is -0.490 e. The van der Waals surface area contributed by atoms with E-state index in [0.717, 1.165) is 16.7 Å². The second-order valence-corrected chi connectivity index (χ2v) is 7.03. The van der Waals surface area contributed by atoms with Gasteiger partial charge in [0.15, 0.2) is 11.5 Å². The topological polar surface area (TPSA) is 42.2 Å². The van der Waals surface area contributed by atoms with E-state index in [1.54, 1.807) is 42.5 Å². The third kappa shape index (κ3) is 5.83. The first-order valence-electron chi connectivity index (χ1n) is 10.2. The maximum Gasteiger partial charge on any atom is 0.165 e. The maximum absolute atomic E-state index is 13.6. The van der Waals surface area contributed by atoms with E-state index in [1.807, 2.05) is 13.0 Å². The van der Waals surface area contributed by atoms with Crippen LogP contribution in [0.3, 0.4) is 0 Å². The first kappa shape index (κ1) is 22.8. The molecule has 5 heteroatoms. The molecule has 3 rings (SSSR count). The number of rotatable bonds is 9. The van der Waals surface area contributed by atoms with Crippen molar-refractivity contribution in [1.82, 2.24) is 0 Å². The quantitative estimate of drug-likeness (QED) is 0.214. The van der Waals surface area contributed by atoms with Crippen LogP contribution < -0.4 is 9.47 Å². The summed E-state index contributed by atoms with van der Waals surface area (Å²) < 4.78 is 38.7. The number of nitriles is 1. The van der Waals surface area contributed by atoms with Crippen LogP contribution in [-0.4, -0.2) is 6.61 Å². The minimum absolute atomic E-state index is 0.242. The highest BCUT2D eigenvalue weighted by molar-refractivity contribution is 5.90. The van der Waals surface area contributed by atoms with E-state index < -0.39 is 5.82 Å². The number of hydrogen-bond acceptors (Lipinski definition) is 3. The molecule has 0 saturated heterocycles. The Hall–Kier alpha value is -3.91. The largest absolute Gasteiger partial charge is 0.490 e. The number of halogens is 2. The molecule has 0 amide bonds. The van der Waals surface area contributed by atoms with Crippen LogP contribution in [0, 0.1) is 23.0 Å². The second kappa shape index (κ2) is 10.9. The number of nitrogens with zero attached hydrogens (tertiary/aromatic N) is 1. The van der Waals surface area contributed by atoms with Crippen LogP contribution >= 0.6 is 0 Å². The molecule has 0 heterocycles. The molecule has 0 radical (unpaired) electrons. The molecule has 0 saturated carbocycles. The Morgan fingerprint density at radius 2 is 1.81 bits per heavy atom. The Morgan fingerprint density at radius 1 is 1.03 bits per heavy atom. The number of benzene rings is 3. The van der Waals surface area contributed by atoms with Crippen LogP contribution in [0.1, 0.15) is 29.2 Å². The molecule has 0 aliphatic carbocycles. The van der Waals surface area contributed by atoms with Gasteiger partial charge in [-0.15, -0.1) is 6.58 Å². The van der Waals surface area contributed by atoms with E-state index >= 15 is 0 Å². The van der Waals surface area contributed by atoms with Crippen LogP contribution in [-0.2, 0) is 13.0 Å². The summed E-state index contributed by atoms with van der Waals surface area (Å²) in [5.74, 6) is 0.378. The van der Waals surface area contributed by atoms with Crippen LogP contribution in [0.25, 0.3) is 11.6 Å². The Bertz CT molecular complexity index is 1160. The fourth-order valence-corrected chi connectivity index (χ4v) is 3.24. The summed E-state index contributed by atoms with van der Waals surface area (Å²) in [6.45, 7) is 6.35. The maximum atomic E-state index is 13.6. The molecule has 0 spiro atoms. The SMILES string of the molecule is C=CCc1cc(/C=C(/C#N)c2cccc(F)c2)cc(OCC)c1OCc1ccc(F)cc1. The fraction of sp³-hybridized carbons (Fsp3) is 0.148. The van der Waals surface area contributed by atoms with Crippen LogP contribution in [0.4, 0.5) is 8.78 Å². The van der Waals surface area contributed by atoms with Crippen molar-refractivity contribution in [2.45, 2.75) is 20.0 Å². The number of ether oxygens (including phenoxy) is 2. The molecule has 3 aromatic carbocycles. The first-order valence-corrected chi connectivity index (χ1v) is 10.2. The highest BCUT2D eigenvalue weighted by atomic mass is 19.1. The van der Waals surface area contributed by atoms with Crippen molar-refractivity contribution in [3.05, 3.63) is 107 Å². The Kier molecular flexibility index (Phi) is 7.77. The van der Waals surface area contributed by atoms with Crippen molar-refractivity contribution in [1.29, 1.82) is 5.26 Å². The third-order valence-corrected chi connectivity index (χ3v) is 4.68. The average molecular weight is 431 g/mol. The van der Waals surface area contributed by atoms with Gasteiger partial charge in [0.2, 0.25) is 0 Å². The van der Waals surface area contributed by atoms with Gasteiger partial charge in [-0.25, -0.2) is 8.78 Å². The third-order valence-electron chi connectivity index (χ3n) is 4.68. The van der Waals surface area contributed by atoms with Crippen LogP contribution in [0.15, 0.2) is 73.3 Å². The zero-order chi connectivity index (χ0) is 22.9. The van der Waals surface area contributed by atoms with Gasteiger partial charge in [0.25, 0.3) is 0 Å². The van der Waals surface area contributed by atoms with Crippen molar-refractivity contribution >= 4 is 11.6 Å². The number of allylic oxidation sites excluding steroid dienone is 2. The fourth-order valence-electron chi connectivity index (χ4n) is 3.24. The zero-order valence-electron chi connectivity index (χ0n) is 17.8. The van der Waals surface area contributed by atoms with Crippen molar-refractivity contribution in [3.63, 3.8) is 0 Å². The molecular weight excluding hydrogens is 408 g/mol. The predicted molar refractivity (Wildman–Crippen MR) is 122 cm³/mol. The highest BCUT2D eigenvalue weighted by Gasteiger charge is 2.14. The Balaban J connectivity index is 2.00. The van der Waals surface area contributed by atoms with Crippen molar-refractivity contribution in [3.8, 4) is 17.6 Å². The molecule has 3 nitrogen and oxygen atoms in total. The van der Waals surface area contributed by atoms with Gasteiger partial charge in [-0.1, -0.05) is 30.3 Å². The summed E-state index contributed by atoms with van der Waals surface area (Å²) in [6, 6.07) is 17.8. The van der Waals surface area contributed by atoms with Crippen molar-refractivity contribution in [2.24, 2.45) is 0 Å². The summed E-state index contributed by atoms with van der Waals surface area (Å²) in [7, 11) is 0. The lowest BCUT2D eigenvalue weighted by molar-refractivity contribution is 0.267. The van der Waals surface area contributed by atoms with Crippen LogP contribution in [0.2, 0.25) is 0 Å². The minimum atomic E-state index is -0.407. The zero-order valence-corrected chi connectivity index (χ0v) is 17.8. The number of hydrogen-bond donors (Lipinski definition) is 0. The van der Waals surface area contributed by atoms with Gasteiger partial charge in [0.1, 0.15) is 18.2 Å². The molecular formula is C27H23F2NO2. The molecule has 0 atom stereocenters. The van der Waals surface area contributed by atoms with E-state index in [-0.39, 0.29) is 12.4 Å². The molecule has 0 aliphatic heterocycles. The summed E-state index contributed by atoms with van der Waals surface area (Å²) in [6.07, 6.45) is 3.96. The molecule has 3 aromatic rings. The summed E-state index contributed by atoms with van der Waals surface area (Å²) in [4.78, 5) is 0. The predicted octanol–water partition coefficient (Wildman–Crippen LogP) is 6.74. The molecule has 0 bridgehead atoms. The highest BCUT2D eigenvalue weighted by Crippen LogP contribution is 2.36. The van der Waals surface area contributed by atoms with Crippen molar-refractivity contribution < 1.29 is 18.3 Å². The lowest BCUT2D eigenvalue weighted by Gasteiger charge is -2.17. The summed E-state index contributed by atoms with van der Waals surface area (Å²) in [5.41, 5.74) is 3.19. The van der Waals surface area contributed by atoms with Gasteiger partial charge in [0.05, 0.1) is 18.2 Å². The Morgan fingerprint density at radius 3 is 2.47 bits per heavy atom. The molecule has 0 fully saturated rings. The van der Waals surface area contributed by atoms with Gasteiger partial charge < -0.3 is 9.47 Å². The molecule has 162 valence electrons. The standard InChI is InChI=1S/C27H23F2NO2/c1-3-6-22-13-20(14-23(17-30)21-7-5-8-25(29)16-21)15-26(31-4-2)27(22)32-18-19-9-11-24(28)12-10-19/h3,5,7-16H,1,4,6,18H2,2H3/b23-14-. The summed E-state index contributed by atoms with van der Waals surface area (Å²) in [5, 5.41) is 9.62. The monoisotopic (exact) mass is 431 g/mol. The van der Waals surface area contributed by atoms with E-state index in [1.165, 1.54) is 24.3 Å². The lowest BCUT2D eigenvalue weighted by Crippen LogP contribution is -2.03. The molecule has 0 aromatic heterocycles. The molecule has 0 aliphatic rings. The van der Waals surface area contributed by atoms with Gasteiger partial charge in [0, 0.05) is 5.56 Å². The van der Waals surface area contributed by atoms with E-state index in [0.29, 0.717) is 35.7 Å². The first-order chi connectivity index (χ1) is 15.5. The lowest BCUT2D eigenvalue weighted by atomic mass is 10.0. The normalized spacial score (nSPS) is 11.0. The van der Waals surface area contributed by atoms with Gasteiger partial charge >= 0.3 is 0 Å². The van der Waals surface area contributed by atoms with E-state index in [2.05, 4.69) is 12.6 Å². The van der Waals surface area contributed by atoms with Gasteiger partial charge in [-0.3, -0.25) is 0 Å². The van der Waals surface area contributed by atoms with Crippen molar-refractivity contribution in [2.75, 3.05) is 6.61 Å². The smallest absolute Gasteiger partial charge is 0.165 e. The van der Waals surface area contributed by atoms with Gasteiger partial charge in [-0.05, 0) is 72.5 Å². The van der Waals surface area contributed by atoms with E-state index in [4.69, 9.17) is 9.47 Å². The second-order valence-electron chi connectivity index (χ2n) is 7.03.